The first-order chi connectivity index (χ1) is 8.67. The molecule has 3 atom stereocenters. The zero-order chi connectivity index (χ0) is 13.4. The molecule has 0 radical (unpaired) electrons. The highest BCUT2D eigenvalue weighted by atomic mass is 16.5. The van der Waals surface area contributed by atoms with E-state index in [4.69, 9.17) is 9.47 Å². The summed E-state index contributed by atoms with van der Waals surface area (Å²) in [7, 11) is 1.43. The van der Waals surface area contributed by atoms with Gasteiger partial charge in [-0.15, -0.1) is 0 Å². The van der Waals surface area contributed by atoms with Crippen molar-refractivity contribution in [2.45, 2.75) is 58.1 Å². The first kappa shape index (κ1) is 15.4. The number of carbonyl (C=O) groups excluding carboxylic acids is 1. The standard InChI is InChI=1S/C14H27NO3/c1-4-15-13(14(16)17-3)8-9-18-12-7-5-6-11(2)10-12/h11-13,15H,4-10H2,1-3H3. The van der Waals surface area contributed by atoms with Gasteiger partial charge in [-0.3, -0.25) is 4.79 Å². The lowest BCUT2D eigenvalue weighted by Crippen LogP contribution is -2.38. The highest BCUT2D eigenvalue weighted by molar-refractivity contribution is 5.75. The Morgan fingerprint density at radius 2 is 2.22 bits per heavy atom. The summed E-state index contributed by atoms with van der Waals surface area (Å²) in [6.45, 7) is 5.66. The molecule has 1 N–H and O–H groups in total. The van der Waals surface area contributed by atoms with Crippen LogP contribution < -0.4 is 5.32 Å². The van der Waals surface area contributed by atoms with Crippen LogP contribution >= 0.6 is 0 Å². The molecule has 0 aliphatic heterocycles. The molecule has 1 saturated carbocycles. The maximum absolute atomic E-state index is 11.5. The van der Waals surface area contributed by atoms with Crippen molar-refractivity contribution < 1.29 is 14.3 Å². The predicted octanol–water partition coefficient (Wildman–Crippen LogP) is 2.12. The monoisotopic (exact) mass is 257 g/mol. The second kappa shape index (κ2) is 8.48. The minimum atomic E-state index is -0.235. The number of hydrogen-bond donors (Lipinski definition) is 1. The van der Waals surface area contributed by atoms with Gasteiger partial charge in [0.15, 0.2) is 0 Å². The summed E-state index contributed by atoms with van der Waals surface area (Å²) in [4.78, 5) is 11.5. The Morgan fingerprint density at radius 1 is 1.44 bits per heavy atom. The van der Waals surface area contributed by atoms with Crippen molar-refractivity contribution in [1.82, 2.24) is 5.32 Å². The summed E-state index contributed by atoms with van der Waals surface area (Å²) >= 11 is 0. The van der Waals surface area contributed by atoms with Crippen molar-refractivity contribution in [3.63, 3.8) is 0 Å². The maximum Gasteiger partial charge on any atom is 0.322 e. The van der Waals surface area contributed by atoms with E-state index in [1.807, 2.05) is 6.92 Å². The molecule has 0 amide bonds. The van der Waals surface area contributed by atoms with Crippen LogP contribution in [-0.4, -0.2) is 38.4 Å². The van der Waals surface area contributed by atoms with Gasteiger partial charge in [0.2, 0.25) is 0 Å². The summed E-state index contributed by atoms with van der Waals surface area (Å²) in [6.07, 6.45) is 5.97. The van der Waals surface area contributed by atoms with Crippen LogP contribution in [0.3, 0.4) is 0 Å². The van der Waals surface area contributed by atoms with Gasteiger partial charge in [0, 0.05) is 6.61 Å². The van der Waals surface area contributed by atoms with E-state index in [0.717, 1.165) is 25.3 Å². The second-order valence-electron chi connectivity index (χ2n) is 5.19. The van der Waals surface area contributed by atoms with Crippen molar-refractivity contribution in [2.75, 3.05) is 20.3 Å². The number of methoxy groups -OCH3 is 1. The SMILES string of the molecule is CCNC(CCOC1CCCC(C)C1)C(=O)OC. The van der Waals surface area contributed by atoms with E-state index in [9.17, 15) is 4.79 Å². The highest BCUT2D eigenvalue weighted by Crippen LogP contribution is 2.25. The number of likely N-dealkylation sites (N-methyl/N-ethyl adjacent to an activating group) is 1. The van der Waals surface area contributed by atoms with E-state index < -0.39 is 0 Å². The topological polar surface area (TPSA) is 47.6 Å². The molecule has 1 aliphatic rings. The third-order valence-electron chi connectivity index (χ3n) is 3.58. The van der Waals surface area contributed by atoms with Crippen molar-refractivity contribution in [3.05, 3.63) is 0 Å². The summed E-state index contributed by atoms with van der Waals surface area (Å²) in [6, 6.07) is -0.235. The fourth-order valence-corrected chi connectivity index (χ4v) is 2.57. The van der Waals surface area contributed by atoms with E-state index in [2.05, 4.69) is 12.2 Å². The summed E-state index contributed by atoms with van der Waals surface area (Å²) in [5.74, 6) is 0.575. The number of hydrogen-bond acceptors (Lipinski definition) is 4. The molecule has 4 nitrogen and oxygen atoms in total. The molecular formula is C14H27NO3. The molecule has 0 spiro atoms. The average molecular weight is 257 g/mol. The number of carbonyl (C=O) groups is 1. The average Bonchev–Trinajstić information content (AvgIpc) is 2.37. The summed E-state index contributed by atoms with van der Waals surface area (Å²) in [5.41, 5.74) is 0. The van der Waals surface area contributed by atoms with Crippen LogP contribution in [0.5, 0.6) is 0 Å². The van der Waals surface area contributed by atoms with Crippen LogP contribution in [0.25, 0.3) is 0 Å². The third kappa shape index (κ3) is 5.36. The van der Waals surface area contributed by atoms with Gasteiger partial charge >= 0.3 is 5.97 Å². The van der Waals surface area contributed by atoms with Crippen LogP contribution in [-0.2, 0) is 14.3 Å². The molecule has 0 bridgehead atoms. The molecule has 106 valence electrons. The van der Waals surface area contributed by atoms with Crippen LogP contribution in [0.1, 0.15) is 46.0 Å². The molecule has 0 heterocycles. The van der Waals surface area contributed by atoms with Crippen LogP contribution in [0.15, 0.2) is 0 Å². The van der Waals surface area contributed by atoms with Gasteiger partial charge in [-0.25, -0.2) is 0 Å². The maximum atomic E-state index is 11.5. The minimum absolute atomic E-state index is 0.197. The number of esters is 1. The molecule has 1 aliphatic carbocycles. The normalized spacial score (nSPS) is 25.7. The van der Waals surface area contributed by atoms with Crippen LogP contribution in [0, 0.1) is 5.92 Å². The van der Waals surface area contributed by atoms with E-state index in [1.54, 1.807) is 0 Å². The molecular weight excluding hydrogens is 230 g/mol. The zero-order valence-corrected chi connectivity index (χ0v) is 11.9. The molecule has 4 heteroatoms. The Kier molecular flexibility index (Phi) is 7.28. The molecule has 1 rings (SSSR count). The van der Waals surface area contributed by atoms with Crippen LogP contribution in [0.4, 0.5) is 0 Å². The van der Waals surface area contributed by atoms with Crippen molar-refractivity contribution in [2.24, 2.45) is 5.92 Å². The fourth-order valence-electron chi connectivity index (χ4n) is 2.57. The van der Waals surface area contributed by atoms with E-state index >= 15 is 0 Å². The molecule has 0 aromatic rings. The number of ether oxygens (including phenoxy) is 2. The molecule has 0 aromatic carbocycles. The summed E-state index contributed by atoms with van der Waals surface area (Å²) < 4.78 is 10.6. The predicted molar refractivity (Wildman–Crippen MR) is 71.5 cm³/mol. The van der Waals surface area contributed by atoms with Crippen molar-refractivity contribution in [3.8, 4) is 0 Å². The third-order valence-corrected chi connectivity index (χ3v) is 3.58. The molecule has 0 aromatic heterocycles. The van der Waals surface area contributed by atoms with Gasteiger partial charge in [0.05, 0.1) is 13.2 Å². The van der Waals surface area contributed by atoms with Gasteiger partial charge < -0.3 is 14.8 Å². The largest absolute Gasteiger partial charge is 0.468 e. The lowest BCUT2D eigenvalue weighted by molar-refractivity contribution is -0.143. The van der Waals surface area contributed by atoms with Crippen LogP contribution in [0.2, 0.25) is 0 Å². The molecule has 1 fully saturated rings. The van der Waals surface area contributed by atoms with Gasteiger partial charge in [-0.1, -0.05) is 26.7 Å². The molecule has 0 saturated heterocycles. The number of rotatable bonds is 7. The second-order valence-corrected chi connectivity index (χ2v) is 5.19. The number of nitrogens with one attached hydrogen (secondary N) is 1. The van der Waals surface area contributed by atoms with Crippen molar-refractivity contribution >= 4 is 5.97 Å². The Bertz CT molecular complexity index is 245. The Morgan fingerprint density at radius 3 is 2.83 bits per heavy atom. The van der Waals surface area contributed by atoms with Gasteiger partial charge in [-0.2, -0.15) is 0 Å². The molecule has 3 unspecified atom stereocenters. The Balaban J connectivity index is 2.23. The van der Waals surface area contributed by atoms with Gasteiger partial charge in [-0.05, 0) is 31.7 Å². The van der Waals surface area contributed by atoms with Gasteiger partial charge in [0.25, 0.3) is 0 Å². The quantitative estimate of drug-likeness (QED) is 0.710. The van der Waals surface area contributed by atoms with Gasteiger partial charge in [0.1, 0.15) is 6.04 Å². The smallest absolute Gasteiger partial charge is 0.322 e. The Hall–Kier alpha value is -0.610. The van der Waals surface area contributed by atoms with Crippen molar-refractivity contribution in [1.29, 1.82) is 0 Å². The lowest BCUT2D eigenvalue weighted by atomic mass is 9.89. The first-order valence-electron chi connectivity index (χ1n) is 7.10. The Labute approximate surface area is 110 Å². The summed E-state index contributed by atoms with van der Waals surface area (Å²) in [5, 5.41) is 3.13. The minimum Gasteiger partial charge on any atom is -0.468 e. The zero-order valence-electron chi connectivity index (χ0n) is 11.9. The van der Waals surface area contributed by atoms with E-state index in [-0.39, 0.29) is 12.0 Å². The fraction of sp³-hybridized carbons (Fsp3) is 0.929. The molecule has 18 heavy (non-hydrogen) atoms. The lowest BCUT2D eigenvalue weighted by Gasteiger charge is -2.27. The van der Waals surface area contributed by atoms with E-state index in [0.29, 0.717) is 19.1 Å². The first-order valence-corrected chi connectivity index (χ1v) is 7.10. The van der Waals surface area contributed by atoms with E-state index in [1.165, 1.54) is 20.0 Å². The highest BCUT2D eigenvalue weighted by Gasteiger charge is 2.21.